The van der Waals surface area contributed by atoms with Gasteiger partial charge < -0.3 is 5.11 Å². The van der Waals surface area contributed by atoms with E-state index in [1.165, 1.54) is 11.3 Å². The number of rotatable bonds is 4. The van der Waals surface area contributed by atoms with Gasteiger partial charge in [-0.05, 0) is 38.2 Å². The molecule has 0 atom stereocenters. The molecule has 124 valence electrons. The lowest BCUT2D eigenvalue weighted by Gasteiger charge is -2.28. The number of aliphatic hydroxyl groups is 1. The molecule has 1 N–H and O–H groups in total. The van der Waals surface area contributed by atoms with Crippen LogP contribution in [0.2, 0.25) is 0 Å². The topological polar surface area (TPSA) is 58.9 Å². The number of aryl methyl sites for hydroxylation is 1. The number of aliphatic hydroxyl groups excluding tert-OH is 1. The molecular weight excluding hydrogens is 320 g/mol. The highest BCUT2D eigenvalue weighted by molar-refractivity contribution is 7.13. The fourth-order valence-corrected chi connectivity index (χ4v) is 3.66. The molecule has 2 aromatic heterocycles. The molecule has 4 nitrogen and oxygen atoms in total. The van der Waals surface area contributed by atoms with Gasteiger partial charge in [0.1, 0.15) is 0 Å². The number of halogens is 2. The molecular formula is C16H19F2N3OS. The summed E-state index contributed by atoms with van der Waals surface area (Å²) in [6, 6.07) is 1.91. The van der Waals surface area contributed by atoms with Crippen LogP contribution in [-0.2, 0) is 13.0 Å². The van der Waals surface area contributed by atoms with Crippen LogP contribution in [0.5, 0.6) is 0 Å². The van der Waals surface area contributed by atoms with Crippen molar-refractivity contribution in [2.45, 2.75) is 51.6 Å². The number of hydrogen-bond acceptors (Lipinski definition) is 5. The van der Waals surface area contributed by atoms with Gasteiger partial charge in [0.25, 0.3) is 0 Å². The van der Waals surface area contributed by atoms with E-state index in [4.69, 9.17) is 5.11 Å². The number of thiazole rings is 1. The van der Waals surface area contributed by atoms with Gasteiger partial charge in [0.2, 0.25) is 5.92 Å². The predicted octanol–water partition coefficient (Wildman–Crippen LogP) is 3.77. The highest BCUT2D eigenvalue weighted by Gasteiger charge is 2.34. The maximum absolute atomic E-state index is 13.2. The van der Waals surface area contributed by atoms with Crippen LogP contribution in [0.15, 0.2) is 11.4 Å². The van der Waals surface area contributed by atoms with E-state index in [0.29, 0.717) is 35.8 Å². The number of nitrogens with zero attached hydrogens (tertiary/aromatic N) is 3. The Morgan fingerprint density at radius 1 is 1.22 bits per heavy atom. The Kier molecular flexibility index (Phi) is 4.68. The summed E-state index contributed by atoms with van der Waals surface area (Å²) in [5, 5.41) is 11.6. The highest BCUT2D eigenvalue weighted by atomic mass is 32.1. The van der Waals surface area contributed by atoms with E-state index in [9.17, 15) is 8.78 Å². The molecule has 0 amide bonds. The average molecular weight is 339 g/mol. The molecule has 0 aromatic carbocycles. The molecule has 0 saturated heterocycles. The SMILES string of the molecule is Cc1cc(CC2CCC(F)(F)CC2)nc(-c2nc(CO)cs2)n1. The summed E-state index contributed by atoms with van der Waals surface area (Å²) in [4.78, 5) is 13.2. The van der Waals surface area contributed by atoms with Crippen molar-refractivity contribution in [2.24, 2.45) is 5.92 Å². The van der Waals surface area contributed by atoms with Crippen molar-refractivity contribution >= 4 is 11.3 Å². The molecule has 7 heteroatoms. The van der Waals surface area contributed by atoms with Crippen molar-refractivity contribution in [1.82, 2.24) is 15.0 Å². The summed E-state index contributed by atoms with van der Waals surface area (Å²) in [5.74, 6) is -1.70. The predicted molar refractivity (Wildman–Crippen MR) is 84.4 cm³/mol. The van der Waals surface area contributed by atoms with Crippen LogP contribution in [0.25, 0.3) is 10.8 Å². The lowest BCUT2D eigenvalue weighted by Crippen LogP contribution is -2.25. The third-order valence-electron chi connectivity index (χ3n) is 4.15. The van der Waals surface area contributed by atoms with Gasteiger partial charge in [-0.25, -0.2) is 23.7 Å². The standard InChI is InChI=1S/C16H19F2N3OS/c1-10-6-12(7-11-2-4-16(17,18)5-3-11)20-14(19-10)15-21-13(8-22)9-23-15/h6,9,11,22H,2-5,7-8H2,1H3. The van der Waals surface area contributed by atoms with Crippen LogP contribution < -0.4 is 0 Å². The molecule has 23 heavy (non-hydrogen) atoms. The third kappa shape index (κ3) is 4.09. The van der Waals surface area contributed by atoms with E-state index >= 15 is 0 Å². The van der Waals surface area contributed by atoms with Crippen molar-refractivity contribution in [2.75, 3.05) is 0 Å². The summed E-state index contributed by atoms with van der Waals surface area (Å²) in [6.07, 6.45) is 1.72. The fraction of sp³-hybridized carbons (Fsp3) is 0.562. The van der Waals surface area contributed by atoms with Gasteiger partial charge in [0.05, 0.1) is 12.3 Å². The van der Waals surface area contributed by atoms with E-state index in [0.717, 1.165) is 11.4 Å². The molecule has 1 aliphatic rings. The van der Waals surface area contributed by atoms with E-state index in [-0.39, 0.29) is 25.4 Å². The number of alkyl halides is 2. The van der Waals surface area contributed by atoms with E-state index < -0.39 is 5.92 Å². The van der Waals surface area contributed by atoms with Gasteiger partial charge in [0.15, 0.2) is 10.8 Å². The Labute approximate surface area is 137 Å². The quantitative estimate of drug-likeness (QED) is 0.921. The van der Waals surface area contributed by atoms with Gasteiger partial charge in [0, 0.05) is 29.6 Å². The summed E-state index contributed by atoms with van der Waals surface area (Å²) >= 11 is 1.40. The zero-order valence-electron chi connectivity index (χ0n) is 12.9. The molecule has 2 aromatic rings. The second-order valence-electron chi connectivity index (χ2n) is 6.13. The molecule has 2 heterocycles. The molecule has 3 rings (SSSR count). The minimum Gasteiger partial charge on any atom is -0.390 e. The molecule has 0 aliphatic heterocycles. The smallest absolute Gasteiger partial charge is 0.248 e. The first-order valence-electron chi connectivity index (χ1n) is 7.73. The average Bonchev–Trinajstić information content (AvgIpc) is 2.98. The first kappa shape index (κ1) is 16.4. The van der Waals surface area contributed by atoms with Gasteiger partial charge in [-0.15, -0.1) is 11.3 Å². The summed E-state index contributed by atoms with van der Waals surface area (Å²) in [6.45, 7) is 1.79. The number of hydrogen-bond donors (Lipinski definition) is 1. The van der Waals surface area contributed by atoms with Crippen molar-refractivity contribution in [1.29, 1.82) is 0 Å². The summed E-state index contributed by atoms with van der Waals surface area (Å²) in [7, 11) is 0. The van der Waals surface area contributed by atoms with Gasteiger partial charge >= 0.3 is 0 Å². The van der Waals surface area contributed by atoms with Crippen LogP contribution in [-0.4, -0.2) is 26.0 Å². The summed E-state index contributed by atoms with van der Waals surface area (Å²) in [5.41, 5.74) is 2.32. The van der Waals surface area contributed by atoms with Crippen LogP contribution in [0.3, 0.4) is 0 Å². The maximum atomic E-state index is 13.2. The molecule has 1 saturated carbocycles. The lowest BCUT2D eigenvalue weighted by molar-refractivity contribution is -0.0457. The zero-order valence-corrected chi connectivity index (χ0v) is 13.7. The van der Waals surface area contributed by atoms with Crippen LogP contribution >= 0.6 is 11.3 Å². The van der Waals surface area contributed by atoms with Gasteiger partial charge in [-0.2, -0.15) is 0 Å². The van der Waals surface area contributed by atoms with Crippen molar-refractivity contribution in [3.8, 4) is 10.8 Å². The van der Waals surface area contributed by atoms with Crippen LogP contribution in [0.1, 0.15) is 42.8 Å². The Morgan fingerprint density at radius 3 is 2.61 bits per heavy atom. The number of aromatic nitrogens is 3. The molecule has 1 aliphatic carbocycles. The van der Waals surface area contributed by atoms with E-state index in [1.807, 2.05) is 13.0 Å². The molecule has 0 radical (unpaired) electrons. The molecule has 0 unspecified atom stereocenters. The van der Waals surface area contributed by atoms with Crippen molar-refractivity contribution in [3.05, 3.63) is 28.5 Å². The van der Waals surface area contributed by atoms with Crippen LogP contribution in [0.4, 0.5) is 8.78 Å². The molecule has 1 fully saturated rings. The van der Waals surface area contributed by atoms with Crippen molar-refractivity contribution in [3.63, 3.8) is 0 Å². The van der Waals surface area contributed by atoms with Crippen molar-refractivity contribution < 1.29 is 13.9 Å². The second-order valence-corrected chi connectivity index (χ2v) is 6.99. The first-order chi connectivity index (χ1) is 10.9. The van der Waals surface area contributed by atoms with E-state index in [1.54, 1.807) is 5.38 Å². The maximum Gasteiger partial charge on any atom is 0.248 e. The van der Waals surface area contributed by atoms with E-state index in [2.05, 4.69) is 15.0 Å². The molecule has 0 spiro atoms. The Morgan fingerprint density at radius 2 is 1.96 bits per heavy atom. The largest absolute Gasteiger partial charge is 0.390 e. The molecule has 0 bridgehead atoms. The zero-order chi connectivity index (χ0) is 16.4. The van der Waals surface area contributed by atoms with Crippen LogP contribution in [0, 0.1) is 12.8 Å². The Bertz CT molecular complexity index is 680. The lowest BCUT2D eigenvalue weighted by atomic mass is 9.84. The normalized spacial score (nSPS) is 18.3. The summed E-state index contributed by atoms with van der Waals surface area (Å²) < 4.78 is 26.5. The monoisotopic (exact) mass is 339 g/mol. The van der Waals surface area contributed by atoms with Gasteiger partial charge in [-0.3, -0.25) is 0 Å². The minimum absolute atomic E-state index is 0.0269. The Hall–Kier alpha value is -1.47. The third-order valence-corrected chi connectivity index (χ3v) is 5.03. The second kappa shape index (κ2) is 6.57. The minimum atomic E-state index is -2.50. The van der Waals surface area contributed by atoms with Gasteiger partial charge in [-0.1, -0.05) is 0 Å². The Balaban J connectivity index is 1.75. The fourth-order valence-electron chi connectivity index (χ4n) is 2.92. The first-order valence-corrected chi connectivity index (χ1v) is 8.61. The highest BCUT2D eigenvalue weighted by Crippen LogP contribution is 2.37.